The van der Waals surface area contributed by atoms with Crippen LogP contribution in [0.1, 0.15) is 5.56 Å². The summed E-state index contributed by atoms with van der Waals surface area (Å²) in [5, 5.41) is 0.157. The first-order valence-electron chi connectivity index (χ1n) is 5.26. The van der Waals surface area contributed by atoms with Crippen molar-refractivity contribution in [1.29, 1.82) is 0 Å². The van der Waals surface area contributed by atoms with Gasteiger partial charge in [0.2, 0.25) is 0 Å². The number of nitrogens with zero attached hydrogens (tertiary/aromatic N) is 5. The quantitative estimate of drug-likeness (QED) is 0.691. The summed E-state index contributed by atoms with van der Waals surface area (Å²) < 4.78 is 47.2. The van der Waals surface area contributed by atoms with Crippen LogP contribution < -0.4 is 0 Å². The maximum Gasteiger partial charge on any atom is 0.417 e. The number of alkyl halides is 3. The summed E-state index contributed by atoms with van der Waals surface area (Å²) in [6.07, 6.45) is -3.69. The number of hydrogen-bond acceptors (Lipinski definition) is 5. The SMILES string of the molecule is Cn1c(-c2nsnc2Cl)nc2cc(C(F)(F)F)cnc21. The Labute approximate surface area is 119 Å². The van der Waals surface area contributed by atoms with Crippen LogP contribution in [0.3, 0.4) is 0 Å². The Morgan fingerprint density at radius 1 is 1.30 bits per heavy atom. The molecule has 0 aliphatic carbocycles. The maximum absolute atomic E-state index is 12.6. The summed E-state index contributed by atoms with van der Waals surface area (Å²) in [5.74, 6) is 0.325. The number of hydrogen-bond donors (Lipinski definition) is 0. The smallest absolute Gasteiger partial charge is 0.310 e. The standard InChI is InChI=1S/C10H5ClF3N5S/c1-19-8-5(2-4(3-15-8)10(12,13)14)16-9(19)6-7(11)18-20-17-6/h2-3H,1H3. The highest BCUT2D eigenvalue weighted by molar-refractivity contribution is 6.99. The molecule has 0 fully saturated rings. The first-order valence-corrected chi connectivity index (χ1v) is 6.37. The summed E-state index contributed by atoms with van der Waals surface area (Å²) in [7, 11) is 1.63. The molecule has 0 bridgehead atoms. The van der Waals surface area contributed by atoms with Crippen molar-refractivity contribution in [3.8, 4) is 11.5 Å². The lowest BCUT2D eigenvalue weighted by atomic mass is 10.2. The predicted molar refractivity (Wildman–Crippen MR) is 67.4 cm³/mol. The van der Waals surface area contributed by atoms with Crippen molar-refractivity contribution in [3.63, 3.8) is 0 Å². The van der Waals surface area contributed by atoms with Crippen molar-refractivity contribution >= 4 is 34.5 Å². The van der Waals surface area contributed by atoms with Gasteiger partial charge in [-0.3, -0.25) is 0 Å². The van der Waals surface area contributed by atoms with E-state index in [2.05, 4.69) is 18.7 Å². The van der Waals surface area contributed by atoms with Crippen LogP contribution in [0.4, 0.5) is 13.2 Å². The Bertz CT molecular complexity index is 794. The summed E-state index contributed by atoms with van der Waals surface area (Å²) in [6, 6.07) is 0.944. The maximum atomic E-state index is 12.6. The Morgan fingerprint density at radius 3 is 2.65 bits per heavy atom. The van der Waals surface area contributed by atoms with Gasteiger partial charge in [0.05, 0.1) is 17.3 Å². The summed E-state index contributed by atoms with van der Waals surface area (Å²) in [6.45, 7) is 0. The van der Waals surface area contributed by atoms with E-state index < -0.39 is 11.7 Å². The molecular weight excluding hydrogens is 315 g/mol. The number of aromatic nitrogens is 5. The molecule has 3 aromatic heterocycles. The molecule has 0 unspecified atom stereocenters. The lowest BCUT2D eigenvalue weighted by Crippen LogP contribution is -2.05. The fourth-order valence-corrected chi connectivity index (χ4v) is 2.47. The van der Waals surface area contributed by atoms with Gasteiger partial charge in [-0.25, -0.2) is 9.97 Å². The fourth-order valence-electron chi connectivity index (χ4n) is 1.75. The van der Waals surface area contributed by atoms with Gasteiger partial charge in [-0.2, -0.15) is 21.9 Å². The van der Waals surface area contributed by atoms with Crippen LogP contribution in [0, 0.1) is 0 Å². The van der Waals surface area contributed by atoms with E-state index in [1.165, 1.54) is 4.57 Å². The highest BCUT2D eigenvalue weighted by Crippen LogP contribution is 2.32. The average Bonchev–Trinajstić information content (AvgIpc) is 2.92. The van der Waals surface area contributed by atoms with Gasteiger partial charge < -0.3 is 4.57 Å². The second-order valence-corrected chi connectivity index (χ2v) is 4.85. The third kappa shape index (κ3) is 2.02. The first kappa shape index (κ1) is 13.3. The highest BCUT2D eigenvalue weighted by Gasteiger charge is 2.32. The van der Waals surface area contributed by atoms with Crippen molar-refractivity contribution in [2.45, 2.75) is 6.18 Å². The Hall–Kier alpha value is -1.74. The van der Waals surface area contributed by atoms with Crippen molar-refractivity contribution < 1.29 is 13.2 Å². The summed E-state index contributed by atoms with van der Waals surface area (Å²) in [5.41, 5.74) is -0.0821. The molecule has 3 rings (SSSR count). The van der Waals surface area contributed by atoms with Crippen molar-refractivity contribution in [2.24, 2.45) is 7.05 Å². The van der Waals surface area contributed by atoms with Crippen LogP contribution in [-0.2, 0) is 13.2 Å². The number of halogens is 4. The molecule has 0 saturated carbocycles. The van der Waals surface area contributed by atoms with Gasteiger partial charge >= 0.3 is 6.18 Å². The third-order valence-corrected chi connectivity index (χ3v) is 3.59. The van der Waals surface area contributed by atoms with E-state index in [9.17, 15) is 13.2 Å². The Balaban J connectivity index is 2.22. The van der Waals surface area contributed by atoms with E-state index in [4.69, 9.17) is 11.6 Å². The van der Waals surface area contributed by atoms with E-state index in [-0.39, 0.29) is 10.7 Å². The van der Waals surface area contributed by atoms with Crippen molar-refractivity contribution in [2.75, 3.05) is 0 Å². The van der Waals surface area contributed by atoms with E-state index in [1.54, 1.807) is 7.05 Å². The van der Waals surface area contributed by atoms with Crippen molar-refractivity contribution in [3.05, 3.63) is 23.0 Å². The van der Waals surface area contributed by atoms with Crippen LogP contribution in [0.15, 0.2) is 12.3 Å². The van der Waals surface area contributed by atoms with E-state index in [0.717, 1.165) is 24.0 Å². The molecule has 0 aliphatic rings. The molecular formula is C10H5ClF3N5S. The van der Waals surface area contributed by atoms with E-state index in [0.29, 0.717) is 17.2 Å². The summed E-state index contributed by atoms with van der Waals surface area (Å²) >= 11 is 6.76. The largest absolute Gasteiger partial charge is 0.417 e. The minimum absolute atomic E-state index is 0.126. The van der Waals surface area contributed by atoms with Crippen LogP contribution in [0.25, 0.3) is 22.7 Å². The van der Waals surface area contributed by atoms with Crippen molar-refractivity contribution in [1.82, 2.24) is 23.3 Å². The molecule has 104 valence electrons. The second kappa shape index (κ2) is 4.38. The molecule has 0 aliphatic heterocycles. The summed E-state index contributed by atoms with van der Waals surface area (Å²) in [4.78, 5) is 7.91. The van der Waals surface area contributed by atoms with Crippen LogP contribution in [0.5, 0.6) is 0 Å². The van der Waals surface area contributed by atoms with Crippen LogP contribution >= 0.6 is 23.3 Å². The number of aryl methyl sites for hydroxylation is 1. The third-order valence-electron chi connectivity index (χ3n) is 2.70. The Morgan fingerprint density at radius 2 is 2.05 bits per heavy atom. The number of imidazole rings is 1. The van der Waals surface area contributed by atoms with Crippen LogP contribution in [-0.4, -0.2) is 23.3 Å². The van der Waals surface area contributed by atoms with Gasteiger partial charge in [-0.1, -0.05) is 11.6 Å². The van der Waals surface area contributed by atoms with Gasteiger partial charge in [0.25, 0.3) is 0 Å². The molecule has 0 atom stereocenters. The molecule has 10 heteroatoms. The molecule has 0 amide bonds. The fraction of sp³-hybridized carbons (Fsp3) is 0.200. The molecule has 20 heavy (non-hydrogen) atoms. The van der Waals surface area contributed by atoms with Gasteiger partial charge in [-0.05, 0) is 6.07 Å². The zero-order chi connectivity index (χ0) is 14.5. The van der Waals surface area contributed by atoms with Crippen LogP contribution in [0.2, 0.25) is 5.15 Å². The predicted octanol–water partition coefficient (Wildman–Crippen LogP) is 3.16. The zero-order valence-corrected chi connectivity index (χ0v) is 11.4. The van der Waals surface area contributed by atoms with Gasteiger partial charge in [-0.15, -0.1) is 0 Å². The molecule has 0 saturated heterocycles. The number of rotatable bonds is 1. The molecule has 0 aromatic carbocycles. The van der Waals surface area contributed by atoms with Gasteiger partial charge in [0, 0.05) is 13.2 Å². The molecule has 3 aromatic rings. The van der Waals surface area contributed by atoms with E-state index >= 15 is 0 Å². The average molecular weight is 320 g/mol. The normalized spacial score (nSPS) is 12.2. The van der Waals surface area contributed by atoms with E-state index in [1.807, 2.05) is 0 Å². The second-order valence-electron chi connectivity index (χ2n) is 3.96. The van der Waals surface area contributed by atoms with Gasteiger partial charge in [0.1, 0.15) is 5.52 Å². The lowest BCUT2D eigenvalue weighted by molar-refractivity contribution is -0.137. The number of pyridine rings is 1. The Kier molecular flexibility index (Phi) is 2.91. The zero-order valence-electron chi connectivity index (χ0n) is 9.81. The molecule has 0 N–H and O–H groups in total. The first-order chi connectivity index (χ1) is 9.38. The molecule has 0 radical (unpaired) electrons. The molecule has 5 nitrogen and oxygen atoms in total. The van der Waals surface area contributed by atoms with Gasteiger partial charge in [0.15, 0.2) is 22.3 Å². The number of fused-ring (bicyclic) bond motifs is 1. The minimum atomic E-state index is -4.46. The molecule has 0 spiro atoms. The monoisotopic (exact) mass is 319 g/mol. The molecule has 3 heterocycles. The topological polar surface area (TPSA) is 56.5 Å². The highest BCUT2D eigenvalue weighted by atomic mass is 35.5. The minimum Gasteiger partial charge on any atom is -0.310 e. The lowest BCUT2D eigenvalue weighted by Gasteiger charge is -2.05.